The molecule has 2 aromatic rings. The maximum absolute atomic E-state index is 9.36. The van der Waals surface area contributed by atoms with Crippen molar-refractivity contribution in [2.75, 3.05) is 7.11 Å². The van der Waals surface area contributed by atoms with Crippen molar-refractivity contribution in [2.45, 2.75) is 20.0 Å². The topological polar surface area (TPSA) is 38.7 Å². The number of hydrogen-bond donors (Lipinski definition) is 1. The van der Waals surface area contributed by atoms with Gasteiger partial charge in [-0.05, 0) is 41.8 Å². The molecule has 0 fully saturated rings. The van der Waals surface area contributed by atoms with Gasteiger partial charge in [-0.1, -0.05) is 19.1 Å². The van der Waals surface area contributed by atoms with E-state index in [4.69, 9.17) is 9.47 Å². The normalized spacial score (nSPS) is 10.2. The molecule has 2 rings (SSSR count). The molecular formula is C16H18O3. The highest BCUT2D eigenvalue weighted by atomic mass is 16.5. The average Bonchev–Trinajstić information content (AvgIpc) is 2.45. The minimum absolute atomic E-state index is 0.210. The van der Waals surface area contributed by atoms with Crippen molar-refractivity contribution in [3.63, 3.8) is 0 Å². The van der Waals surface area contributed by atoms with Crippen molar-refractivity contribution in [3.8, 4) is 17.2 Å². The molecule has 0 bridgehead atoms. The summed E-state index contributed by atoms with van der Waals surface area (Å²) in [6.45, 7) is 2.57. The van der Waals surface area contributed by atoms with Gasteiger partial charge in [0.2, 0.25) is 0 Å². The van der Waals surface area contributed by atoms with Crippen molar-refractivity contribution in [2.24, 2.45) is 0 Å². The van der Waals surface area contributed by atoms with Gasteiger partial charge < -0.3 is 14.6 Å². The Balaban J connectivity index is 2.07. The molecule has 0 spiro atoms. The average molecular weight is 258 g/mol. The molecule has 0 amide bonds. The number of methoxy groups -OCH3 is 1. The first kappa shape index (κ1) is 13.3. The van der Waals surface area contributed by atoms with E-state index in [1.807, 2.05) is 18.2 Å². The lowest BCUT2D eigenvalue weighted by molar-refractivity contribution is 0.304. The van der Waals surface area contributed by atoms with Crippen LogP contribution in [0.2, 0.25) is 0 Å². The van der Waals surface area contributed by atoms with Crippen LogP contribution >= 0.6 is 0 Å². The molecule has 0 radical (unpaired) electrons. The SMILES string of the molecule is CCc1cc(COc2cccc(O)c2)ccc1OC. The van der Waals surface area contributed by atoms with E-state index in [2.05, 4.69) is 13.0 Å². The summed E-state index contributed by atoms with van der Waals surface area (Å²) < 4.78 is 10.9. The monoisotopic (exact) mass is 258 g/mol. The Bertz CT molecular complexity index is 549. The van der Waals surface area contributed by atoms with E-state index in [9.17, 15) is 5.11 Å². The summed E-state index contributed by atoms with van der Waals surface area (Å²) in [5.41, 5.74) is 2.25. The molecular weight excluding hydrogens is 240 g/mol. The van der Waals surface area contributed by atoms with E-state index in [0.717, 1.165) is 17.7 Å². The molecule has 3 heteroatoms. The summed E-state index contributed by atoms with van der Waals surface area (Å²) >= 11 is 0. The first-order chi connectivity index (χ1) is 9.22. The molecule has 2 aromatic carbocycles. The van der Waals surface area contributed by atoms with Gasteiger partial charge in [0.15, 0.2) is 0 Å². The first-order valence-electron chi connectivity index (χ1n) is 6.30. The third-order valence-corrected chi connectivity index (χ3v) is 2.95. The molecule has 19 heavy (non-hydrogen) atoms. The summed E-state index contributed by atoms with van der Waals surface area (Å²) in [6.07, 6.45) is 0.920. The summed E-state index contributed by atoms with van der Waals surface area (Å²) in [4.78, 5) is 0. The summed E-state index contributed by atoms with van der Waals surface area (Å²) in [5.74, 6) is 1.78. The van der Waals surface area contributed by atoms with Gasteiger partial charge in [-0.2, -0.15) is 0 Å². The van der Waals surface area contributed by atoms with Gasteiger partial charge in [-0.15, -0.1) is 0 Å². The Kier molecular flexibility index (Phi) is 4.29. The third-order valence-electron chi connectivity index (χ3n) is 2.95. The highest BCUT2D eigenvalue weighted by Crippen LogP contribution is 2.22. The summed E-state index contributed by atoms with van der Waals surface area (Å²) in [6, 6.07) is 12.8. The molecule has 0 atom stereocenters. The minimum atomic E-state index is 0.210. The number of phenolic OH excluding ortho intramolecular Hbond substituents is 1. The van der Waals surface area contributed by atoms with Crippen molar-refractivity contribution in [1.29, 1.82) is 0 Å². The first-order valence-corrected chi connectivity index (χ1v) is 6.30. The quantitative estimate of drug-likeness (QED) is 0.891. The van der Waals surface area contributed by atoms with Crippen LogP contribution in [0.3, 0.4) is 0 Å². The van der Waals surface area contributed by atoms with Crippen molar-refractivity contribution < 1.29 is 14.6 Å². The second-order valence-electron chi connectivity index (χ2n) is 4.29. The van der Waals surface area contributed by atoms with Gasteiger partial charge >= 0.3 is 0 Å². The largest absolute Gasteiger partial charge is 0.508 e. The lowest BCUT2D eigenvalue weighted by Gasteiger charge is -2.10. The number of rotatable bonds is 5. The Hall–Kier alpha value is -2.16. The van der Waals surface area contributed by atoms with Crippen LogP contribution in [0.4, 0.5) is 0 Å². The minimum Gasteiger partial charge on any atom is -0.508 e. The van der Waals surface area contributed by atoms with Gasteiger partial charge in [0, 0.05) is 6.07 Å². The van der Waals surface area contributed by atoms with E-state index in [0.29, 0.717) is 12.4 Å². The fourth-order valence-corrected chi connectivity index (χ4v) is 1.94. The second kappa shape index (κ2) is 6.14. The van der Waals surface area contributed by atoms with E-state index >= 15 is 0 Å². The molecule has 0 aliphatic carbocycles. The second-order valence-corrected chi connectivity index (χ2v) is 4.29. The molecule has 0 saturated carbocycles. The van der Waals surface area contributed by atoms with Gasteiger partial charge in [0.25, 0.3) is 0 Å². The van der Waals surface area contributed by atoms with Crippen molar-refractivity contribution >= 4 is 0 Å². The number of phenols is 1. The number of aromatic hydroxyl groups is 1. The Morgan fingerprint density at radius 3 is 2.63 bits per heavy atom. The number of benzene rings is 2. The predicted octanol–water partition coefficient (Wildman–Crippen LogP) is 3.54. The summed E-state index contributed by atoms with van der Waals surface area (Å²) in [5, 5.41) is 9.36. The van der Waals surface area contributed by atoms with Crippen LogP contribution in [0.15, 0.2) is 42.5 Å². The maximum atomic E-state index is 9.36. The zero-order valence-corrected chi connectivity index (χ0v) is 11.2. The van der Waals surface area contributed by atoms with Crippen LogP contribution in [0.25, 0.3) is 0 Å². The zero-order chi connectivity index (χ0) is 13.7. The predicted molar refractivity (Wildman–Crippen MR) is 74.8 cm³/mol. The lowest BCUT2D eigenvalue weighted by Crippen LogP contribution is -1.98. The van der Waals surface area contributed by atoms with Crippen molar-refractivity contribution in [3.05, 3.63) is 53.6 Å². The number of aryl methyl sites for hydroxylation is 1. The van der Waals surface area contributed by atoms with Crippen LogP contribution in [0.1, 0.15) is 18.1 Å². The van der Waals surface area contributed by atoms with Gasteiger partial charge in [0.05, 0.1) is 7.11 Å². The Morgan fingerprint density at radius 2 is 1.95 bits per heavy atom. The fraction of sp³-hybridized carbons (Fsp3) is 0.250. The van der Waals surface area contributed by atoms with E-state index < -0.39 is 0 Å². The Morgan fingerprint density at radius 1 is 1.11 bits per heavy atom. The van der Waals surface area contributed by atoms with Crippen molar-refractivity contribution in [1.82, 2.24) is 0 Å². The zero-order valence-electron chi connectivity index (χ0n) is 11.2. The van der Waals surface area contributed by atoms with Gasteiger partial charge in [0.1, 0.15) is 23.9 Å². The lowest BCUT2D eigenvalue weighted by atomic mass is 10.1. The van der Waals surface area contributed by atoms with Crippen LogP contribution in [0.5, 0.6) is 17.2 Å². The standard InChI is InChI=1S/C16H18O3/c1-3-13-9-12(7-8-16(13)18-2)11-19-15-6-4-5-14(17)10-15/h4-10,17H,3,11H2,1-2H3. The third kappa shape index (κ3) is 3.41. The van der Waals surface area contributed by atoms with Crippen LogP contribution in [-0.4, -0.2) is 12.2 Å². The molecule has 0 aliphatic heterocycles. The molecule has 0 heterocycles. The smallest absolute Gasteiger partial charge is 0.123 e. The highest BCUT2D eigenvalue weighted by Gasteiger charge is 2.03. The summed E-state index contributed by atoms with van der Waals surface area (Å²) in [7, 11) is 1.68. The van der Waals surface area contributed by atoms with E-state index in [1.165, 1.54) is 5.56 Å². The van der Waals surface area contributed by atoms with E-state index in [1.54, 1.807) is 25.3 Å². The van der Waals surface area contributed by atoms with E-state index in [-0.39, 0.29) is 5.75 Å². The number of ether oxygens (including phenoxy) is 2. The molecule has 0 unspecified atom stereocenters. The molecule has 100 valence electrons. The van der Waals surface area contributed by atoms with Crippen LogP contribution in [-0.2, 0) is 13.0 Å². The number of hydrogen-bond acceptors (Lipinski definition) is 3. The molecule has 0 aliphatic rings. The van der Waals surface area contributed by atoms with Gasteiger partial charge in [-0.25, -0.2) is 0 Å². The molecule has 0 aromatic heterocycles. The highest BCUT2D eigenvalue weighted by molar-refractivity contribution is 5.37. The van der Waals surface area contributed by atoms with Gasteiger partial charge in [-0.3, -0.25) is 0 Å². The molecule has 1 N–H and O–H groups in total. The van der Waals surface area contributed by atoms with Crippen LogP contribution < -0.4 is 9.47 Å². The fourth-order valence-electron chi connectivity index (χ4n) is 1.94. The maximum Gasteiger partial charge on any atom is 0.123 e. The Labute approximate surface area is 113 Å². The molecule has 3 nitrogen and oxygen atoms in total. The van der Waals surface area contributed by atoms with Crippen LogP contribution in [0, 0.1) is 0 Å². The molecule has 0 saturated heterocycles.